The van der Waals surface area contributed by atoms with Crippen LogP contribution in [0.25, 0.3) is 0 Å². The second-order valence-corrected chi connectivity index (χ2v) is 5.68. The van der Waals surface area contributed by atoms with Crippen LogP contribution < -0.4 is 5.73 Å². The van der Waals surface area contributed by atoms with Gasteiger partial charge in [-0.25, -0.2) is 0 Å². The van der Waals surface area contributed by atoms with Crippen LogP contribution in [0.4, 0.5) is 0 Å². The second-order valence-electron chi connectivity index (χ2n) is 5.68. The zero-order valence-corrected chi connectivity index (χ0v) is 10.9. The molecule has 0 amide bonds. The summed E-state index contributed by atoms with van der Waals surface area (Å²) >= 11 is 0. The van der Waals surface area contributed by atoms with Crippen LogP contribution in [-0.4, -0.2) is 29.6 Å². The Labute approximate surface area is 95.2 Å². The first-order valence-electron chi connectivity index (χ1n) is 6.49. The van der Waals surface area contributed by atoms with E-state index in [2.05, 4.69) is 32.6 Å². The Hall–Kier alpha value is -0.0800. The molecule has 0 saturated carbocycles. The average molecular weight is 212 g/mol. The molecule has 1 fully saturated rings. The van der Waals surface area contributed by atoms with Gasteiger partial charge in [-0.1, -0.05) is 20.3 Å². The van der Waals surface area contributed by atoms with Crippen LogP contribution in [0, 0.1) is 5.92 Å². The molecule has 1 aliphatic heterocycles. The lowest BCUT2D eigenvalue weighted by atomic mass is 9.92. The first-order valence-corrected chi connectivity index (χ1v) is 6.49. The van der Waals surface area contributed by atoms with E-state index in [1.165, 1.54) is 32.2 Å². The van der Waals surface area contributed by atoms with Crippen molar-refractivity contribution in [2.45, 2.75) is 65.0 Å². The molecule has 0 radical (unpaired) electrons. The Morgan fingerprint density at radius 1 is 1.40 bits per heavy atom. The van der Waals surface area contributed by atoms with Crippen molar-refractivity contribution < 1.29 is 0 Å². The summed E-state index contributed by atoms with van der Waals surface area (Å²) in [5.41, 5.74) is 6.33. The number of nitrogens with two attached hydrogens (primary N) is 1. The van der Waals surface area contributed by atoms with E-state index in [-0.39, 0.29) is 0 Å². The molecule has 2 atom stereocenters. The lowest BCUT2D eigenvalue weighted by Crippen LogP contribution is -2.51. The molecule has 0 aromatic carbocycles. The summed E-state index contributed by atoms with van der Waals surface area (Å²) in [6.45, 7) is 11.4. The van der Waals surface area contributed by atoms with E-state index >= 15 is 0 Å². The summed E-state index contributed by atoms with van der Waals surface area (Å²) in [6, 6.07) is 0.586. The van der Waals surface area contributed by atoms with E-state index in [4.69, 9.17) is 5.73 Å². The van der Waals surface area contributed by atoms with Gasteiger partial charge in [0.15, 0.2) is 0 Å². The van der Waals surface area contributed by atoms with Crippen LogP contribution in [0.3, 0.4) is 0 Å². The smallest absolute Gasteiger partial charge is 0.0249 e. The molecule has 2 heteroatoms. The predicted molar refractivity (Wildman–Crippen MR) is 66.9 cm³/mol. The maximum Gasteiger partial charge on any atom is 0.0249 e. The van der Waals surface area contributed by atoms with E-state index in [1.807, 2.05) is 0 Å². The molecule has 1 aliphatic rings. The normalized spacial score (nSPS) is 25.4. The first kappa shape index (κ1) is 13.0. The zero-order valence-electron chi connectivity index (χ0n) is 10.9. The van der Waals surface area contributed by atoms with Crippen LogP contribution in [0.15, 0.2) is 0 Å². The lowest BCUT2D eigenvalue weighted by Gasteiger charge is -2.41. The minimum absolute atomic E-state index is 0.367. The van der Waals surface area contributed by atoms with Crippen LogP contribution in [0.1, 0.15) is 53.4 Å². The van der Waals surface area contributed by atoms with E-state index in [0.717, 1.165) is 12.5 Å². The van der Waals surface area contributed by atoms with Crippen LogP contribution >= 0.6 is 0 Å². The fraction of sp³-hybridized carbons (Fsp3) is 1.00. The molecular weight excluding hydrogens is 184 g/mol. The first-order chi connectivity index (χ1) is 7.03. The quantitative estimate of drug-likeness (QED) is 0.759. The molecular formula is C13H28N2. The van der Waals surface area contributed by atoms with E-state index < -0.39 is 0 Å². The van der Waals surface area contributed by atoms with Gasteiger partial charge < -0.3 is 5.73 Å². The second kappa shape index (κ2) is 5.31. The number of nitrogens with zero attached hydrogens (tertiary/aromatic N) is 1. The summed E-state index contributed by atoms with van der Waals surface area (Å²) in [5, 5.41) is 0. The minimum atomic E-state index is 0.367. The summed E-state index contributed by atoms with van der Waals surface area (Å²) in [6.07, 6.45) is 5.23. The molecule has 0 spiro atoms. The van der Waals surface area contributed by atoms with Crippen molar-refractivity contribution in [1.29, 1.82) is 0 Å². The molecule has 1 rings (SSSR count). The monoisotopic (exact) mass is 212 g/mol. The number of likely N-dealkylation sites (tertiary alicyclic amines) is 1. The molecule has 0 aliphatic carbocycles. The van der Waals surface area contributed by atoms with Crippen molar-refractivity contribution in [1.82, 2.24) is 4.90 Å². The van der Waals surface area contributed by atoms with Crippen LogP contribution in [0.2, 0.25) is 0 Å². The highest BCUT2D eigenvalue weighted by atomic mass is 15.2. The topological polar surface area (TPSA) is 29.3 Å². The van der Waals surface area contributed by atoms with Gasteiger partial charge in [-0.2, -0.15) is 0 Å². The van der Waals surface area contributed by atoms with Crippen molar-refractivity contribution in [2.75, 3.05) is 13.1 Å². The molecule has 15 heavy (non-hydrogen) atoms. The van der Waals surface area contributed by atoms with Gasteiger partial charge in [0.2, 0.25) is 0 Å². The molecule has 1 saturated heterocycles. The van der Waals surface area contributed by atoms with Gasteiger partial charge in [-0.3, -0.25) is 4.90 Å². The number of rotatable bonds is 5. The van der Waals surface area contributed by atoms with Gasteiger partial charge in [0.1, 0.15) is 0 Å². The molecule has 0 aromatic rings. The van der Waals surface area contributed by atoms with Gasteiger partial charge >= 0.3 is 0 Å². The molecule has 2 unspecified atom stereocenters. The van der Waals surface area contributed by atoms with Crippen molar-refractivity contribution in [3.05, 3.63) is 0 Å². The van der Waals surface area contributed by atoms with Gasteiger partial charge in [-0.15, -0.1) is 0 Å². The Kier molecular flexibility index (Phi) is 4.60. The molecule has 2 N–H and O–H groups in total. The number of hydrogen-bond acceptors (Lipinski definition) is 2. The maximum atomic E-state index is 5.96. The van der Waals surface area contributed by atoms with Crippen LogP contribution in [0.5, 0.6) is 0 Å². The Morgan fingerprint density at radius 3 is 2.47 bits per heavy atom. The van der Waals surface area contributed by atoms with Crippen molar-refractivity contribution in [3.8, 4) is 0 Å². The largest absolute Gasteiger partial charge is 0.329 e. The third-order valence-corrected chi connectivity index (χ3v) is 4.01. The van der Waals surface area contributed by atoms with E-state index in [1.54, 1.807) is 0 Å². The minimum Gasteiger partial charge on any atom is -0.329 e. The van der Waals surface area contributed by atoms with Crippen molar-refractivity contribution in [3.63, 3.8) is 0 Å². The van der Waals surface area contributed by atoms with Gasteiger partial charge in [0.25, 0.3) is 0 Å². The predicted octanol–water partition coefficient (Wildman–Crippen LogP) is 2.62. The molecule has 0 aromatic heterocycles. The summed E-state index contributed by atoms with van der Waals surface area (Å²) < 4.78 is 0. The third kappa shape index (κ3) is 2.94. The molecule has 1 heterocycles. The highest BCUT2D eigenvalue weighted by Gasteiger charge is 2.37. The molecule has 90 valence electrons. The highest BCUT2D eigenvalue weighted by Crippen LogP contribution is 2.33. The summed E-state index contributed by atoms with van der Waals surface area (Å²) in [4.78, 5) is 2.65. The third-order valence-electron chi connectivity index (χ3n) is 4.01. The fourth-order valence-corrected chi connectivity index (χ4v) is 3.06. The maximum absolute atomic E-state index is 5.96. The fourth-order valence-electron chi connectivity index (χ4n) is 3.06. The summed E-state index contributed by atoms with van der Waals surface area (Å²) in [7, 11) is 0. The van der Waals surface area contributed by atoms with E-state index in [9.17, 15) is 0 Å². The van der Waals surface area contributed by atoms with Crippen LogP contribution in [-0.2, 0) is 0 Å². The lowest BCUT2D eigenvalue weighted by molar-refractivity contribution is 0.0828. The average Bonchev–Trinajstić information content (AvgIpc) is 2.48. The van der Waals surface area contributed by atoms with E-state index in [0.29, 0.717) is 11.6 Å². The number of hydrogen-bond donors (Lipinski definition) is 1. The Balaban J connectivity index is 2.65. The summed E-state index contributed by atoms with van der Waals surface area (Å²) in [5.74, 6) is 0.734. The Bertz CT molecular complexity index is 189. The SMILES string of the molecule is CCCC(C)C(CN)N1CCCC1(C)C. The van der Waals surface area contributed by atoms with Gasteiger partial charge in [-0.05, 0) is 45.6 Å². The standard InChI is InChI=1S/C13H28N2/c1-5-7-11(2)12(10-14)15-9-6-8-13(15,3)4/h11-12H,5-10,14H2,1-4H3. The van der Waals surface area contributed by atoms with Gasteiger partial charge in [0.05, 0.1) is 0 Å². The highest BCUT2D eigenvalue weighted by molar-refractivity contribution is 4.93. The Morgan fingerprint density at radius 2 is 2.07 bits per heavy atom. The molecule has 2 nitrogen and oxygen atoms in total. The zero-order chi connectivity index (χ0) is 11.5. The van der Waals surface area contributed by atoms with Crippen molar-refractivity contribution >= 4 is 0 Å². The van der Waals surface area contributed by atoms with Gasteiger partial charge in [0, 0.05) is 18.1 Å². The molecule has 0 bridgehead atoms. The van der Waals surface area contributed by atoms with Crippen molar-refractivity contribution in [2.24, 2.45) is 11.7 Å².